The topological polar surface area (TPSA) is 190 Å². The maximum atomic E-state index is 14.4. The number of aliphatic hydroxyl groups is 2. The Balaban J connectivity index is 2.37. The molecule has 0 aromatic heterocycles. The molecule has 14 nitrogen and oxygen atoms in total. The number of carbonyl (C=O) groups excluding carboxylic acids is 4. The van der Waals surface area contributed by atoms with Gasteiger partial charge in [-0.15, -0.1) is 0 Å². The highest BCUT2D eigenvalue weighted by Gasteiger charge is 2.62. The average molecular weight is 618 g/mol. The van der Waals surface area contributed by atoms with Crippen molar-refractivity contribution in [2.24, 2.45) is 0 Å². The first-order chi connectivity index (χ1) is 18.8. The van der Waals surface area contributed by atoms with Crippen molar-refractivity contribution in [1.82, 2.24) is 15.1 Å². The third-order valence-corrected chi connectivity index (χ3v) is 7.78. The molecule has 4 N–H and O–H groups in total. The SMILES string of the molecule is CC(C)OC(=O)[C@H](C)NP(=O)(N[C@@H](C)C(=O)OC(C)C)OC[C@@]1(C(F)F)O[C@@H](N2C=C(F)C(=O)CC2=O)[C@@H](O)[C@@H]1O. The largest absolute Gasteiger partial charge is 0.462 e. The number of hydrogen-bond donors (Lipinski definition) is 4. The van der Waals surface area contributed by atoms with Crippen LogP contribution in [0.4, 0.5) is 13.2 Å². The maximum Gasteiger partial charge on any atom is 0.342 e. The number of Topliss-reactive ketones (excluding diaryl/α,β-unsaturated/α-hetero) is 1. The molecule has 0 saturated carbocycles. The number of rotatable bonds is 13. The first-order valence-electron chi connectivity index (χ1n) is 12.6. The number of esters is 2. The number of allylic oxidation sites excluding steroid dienone is 1. The molecule has 0 aromatic carbocycles. The van der Waals surface area contributed by atoms with Crippen LogP contribution in [0.5, 0.6) is 0 Å². The van der Waals surface area contributed by atoms with Crippen LogP contribution in [-0.4, -0.2) is 100 Å². The number of ketones is 1. The van der Waals surface area contributed by atoms with Gasteiger partial charge in [0.05, 0.1) is 25.2 Å². The lowest BCUT2D eigenvalue weighted by atomic mass is 9.96. The predicted octanol–water partition coefficient (Wildman–Crippen LogP) is 0.665. The number of amides is 1. The summed E-state index contributed by atoms with van der Waals surface area (Å²) in [6, 6.07) is -2.76. The van der Waals surface area contributed by atoms with Crippen LogP contribution in [-0.2, 0) is 42.5 Å². The van der Waals surface area contributed by atoms with E-state index in [9.17, 15) is 47.1 Å². The summed E-state index contributed by atoms with van der Waals surface area (Å²) in [5.74, 6) is -5.53. The van der Waals surface area contributed by atoms with E-state index < -0.39 is 105 Å². The highest BCUT2D eigenvalue weighted by molar-refractivity contribution is 7.54. The summed E-state index contributed by atoms with van der Waals surface area (Å²) in [4.78, 5) is 48.7. The van der Waals surface area contributed by atoms with E-state index in [1.807, 2.05) is 0 Å². The second-order valence-corrected chi connectivity index (χ2v) is 12.0. The van der Waals surface area contributed by atoms with Gasteiger partial charge in [0.15, 0.2) is 17.7 Å². The summed E-state index contributed by atoms with van der Waals surface area (Å²) in [7, 11) is -4.69. The third kappa shape index (κ3) is 8.34. The van der Waals surface area contributed by atoms with E-state index >= 15 is 0 Å². The molecule has 2 aliphatic rings. The molecule has 1 saturated heterocycles. The van der Waals surface area contributed by atoms with Gasteiger partial charge in [-0.25, -0.2) is 23.3 Å². The maximum absolute atomic E-state index is 14.4. The van der Waals surface area contributed by atoms with Gasteiger partial charge in [-0.1, -0.05) is 0 Å². The van der Waals surface area contributed by atoms with E-state index in [1.54, 1.807) is 27.7 Å². The van der Waals surface area contributed by atoms with E-state index in [2.05, 4.69) is 10.2 Å². The van der Waals surface area contributed by atoms with Crippen molar-refractivity contribution in [3.8, 4) is 0 Å². The summed E-state index contributed by atoms with van der Waals surface area (Å²) in [5, 5.41) is 25.6. The molecule has 0 bridgehead atoms. The molecule has 0 spiro atoms. The number of ether oxygens (including phenoxy) is 3. The molecule has 0 aliphatic carbocycles. The minimum absolute atomic E-state index is 0.342. The molecule has 2 heterocycles. The Morgan fingerprint density at radius 2 is 1.56 bits per heavy atom. The second-order valence-electron chi connectivity index (χ2n) is 10.1. The van der Waals surface area contributed by atoms with Gasteiger partial charge in [0.25, 0.3) is 6.43 Å². The van der Waals surface area contributed by atoms with Gasteiger partial charge in [0.2, 0.25) is 11.7 Å². The fraction of sp³-hybridized carbons (Fsp3) is 0.739. The van der Waals surface area contributed by atoms with Gasteiger partial charge < -0.3 is 28.9 Å². The van der Waals surface area contributed by atoms with Gasteiger partial charge >= 0.3 is 19.6 Å². The fourth-order valence-corrected chi connectivity index (χ4v) is 5.61. The molecular formula is C23H35F3N3O11P. The summed E-state index contributed by atoms with van der Waals surface area (Å²) < 4.78 is 77.0. The van der Waals surface area contributed by atoms with Crippen molar-refractivity contribution >= 4 is 31.3 Å². The number of nitrogens with one attached hydrogen (secondary N) is 2. The van der Waals surface area contributed by atoms with Crippen LogP contribution < -0.4 is 10.2 Å². The lowest BCUT2D eigenvalue weighted by molar-refractivity contribution is -0.199. The Kier molecular flexibility index (Phi) is 11.6. The lowest BCUT2D eigenvalue weighted by Gasteiger charge is -2.34. The van der Waals surface area contributed by atoms with Crippen molar-refractivity contribution in [2.45, 2.75) is 103 Å². The molecule has 1 amide bonds. The lowest BCUT2D eigenvalue weighted by Crippen LogP contribution is -2.53. The molecule has 41 heavy (non-hydrogen) atoms. The van der Waals surface area contributed by atoms with Crippen LogP contribution in [0.3, 0.4) is 0 Å². The number of hydrogen-bond acceptors (Lipinski definition) is 11. The van der Waals surface area contributed by atoms with E-state index in [1.165, 1.54) is 13.8 Å². The third-order valence-electron chi connectivity index (χ3n) is 5.83. The molecular weight excluding hydrogens is 582 g/mol. The quantitative estimate of drug-likeness (QED) is 0.128. The summed E-state index contributed by atoms with van der Waals surface area (Å²) in [6.07, 6.45) is -12.3. The Labute approximate surface area is 234 Å². The fourth-order valence-electron chi connectivity index (χ4n) is 3.78. The molecule has 6 atom stereocenters. The number of halogens is 3. The summed E-state index contributed by atoms with van der Waals surface area (Å²) in [5.41, 5.74) is -3.15. The molecule has 2 rings (SSSR count). The van der Waals surface area contributed by atoms with Crippen molar-refractivity contribution < 1.29 is 65.9 Å². The van der Waals surface area contributed by atoms with Gasteiger partial charge in [0, 0.05) is 6.20 Å². The van der Waals surface area contributed by atoms with Gasteiger partial charge in [-0.05, 0) is 41.5 Å². The van der Waals surface area contributed by atoms with Crippen molar-refractivity contribution in [2.75, 3.05) is 6.61 Å². The van der Waals surface area contributed by atoms with Gasteiger partial charge in [-0.3, -0.25) is 28.6 Å². The number of aliphatic hydroxyl groups excluding tert-OH is 2. The van der Waals surface area contributed by atoms with Crippen LogP contribution in [0.1, 0.15) is 48.0 Å². The van der Waals surface area contributed by atoms with Crippen molar-refractivity contribution in [3.05, 3.63) is 12.0 Å². The van der Waals surface area contributed by atoms with Crippen molar-refractivity contribution in [1.29, 1.82) is 0 Å². The predicted molar refractivity (Wildman–Crippen MR) is 132 cm³/mol. The molecule has 18 heteroatoms. The zero-order valence-corrected chi connectivity index (χ0v) is 24.1. The molecule has 0 radical (unpaired) electrons. The van der Waals surface area contributed by atoms with Gasteiger partial charge in [-0.2, -0.15) is 0 Å². The Morgan fingerprint density at radius 1 is 1.07 bits per heavy atom. The van der Waals surface area contributed by atoms with E-state index in [0.29, 0.717) is 11.1 Å². The molecule has 1 fully saturated rings. The van der Waals surface area contributed by atoms with Crippen LogP contribution in [0.2, 0.25) is 0 Å². The van der Waals surface area contributed by atoms with Crippen LogP contribution in [0, 0.1) is 0 Å². The Hall–Kier alpha value is -2.40. The Bertz CT molecular complexity index is 1060. The van der Waals surface area contributed by atoms with Crippen molar-refractivity contribution in [3.63, 3.8) is 0 Å². The van der Waals surface area contributed by atoms with E-state index in [4.69, 9.17) is 18.7 Å². The molecule has 2 aliphatic heterocycles. The van der Waals surface area contributed by atoms with E-state index in [-0.39, 0.29) is 0 Å². The number of carbonyl (C=O) groups is 4. The zero-order chi connectivity index (χ0) is 31.4. The van der Waals surface area contributed by atoms with Crippen LogP contribution in [0.15, 0.2) is 12.0 Å². The minimum Gasteiger partial charge on any atom is -0.462 e. The van der Waals surface area contributed by atoms with Gasteiger partial charge in [0.1, 0.15) is 24.3 Å². The zero-order valence-electron chi connectivity index (χ0n) is 23.2. The first kappa shape index (κ1) is 34.8. The second kappa shape index (κ2) is 13.7. The monoisotopic (exact) mass is 617 g/mol. The number of alkyl halides is 2. The van der Waals surface area contributed by atoms with Crippen LogP contribution >= 0.6 is 7.67 Å². The smallest absolute Gasteiger partial charge is 0.342 e. The standard InChI is InChI=1S/C23H35F3N3O11P/c1-10(2)38-20(34)12(5)27-41(36,28-13(6)21(35)39-11(3)4)37-9-23(22(25)26)18(33)17(32)19(40-23)29-8-14(24)15(30)7-16(29)31/h8,10-13,17-19,22,32-33H,7,9H2,1-6H3,(H2,27,28,36)/t12-,13-,17-,18-,19+,23+/m0/s1. The minimum atomic E-state index is -4.69. The molecule has 234 valence electrons. The molecule has 0 unspecified atom stereocenters. The van der Waals surface area contributed by atoms with Crippen LogP contribution in [0.25, 0.3) is 0 Å². The normalized spacial score (nSPS) is 26.9. The highest BCUT2D eigenvalue weighted by atomic mass is 31.2. The average Bonchev–Trinajstić information content (AvgIpc) is 3.10. The number of nitrogens with zero attached hydrogens (tertiary/aromatic N) is 1. The summed E-state index contributed by atoms with van der Waals surface area (Å²) in [6.45, 7) is 7.15. The Morgan fingerprint density at radius 3 is 2.00 bits per heavy atom. The highest BCUT2D eigenvalue weighted by Crippen LogP contribution is 2.45. The molecule has 0 aromatic rings. The first-order valence-corrected chi connectivity index (χ1v) is 14.2. The van der Waals surface area contributed by atoms with E-state index in [0.717, 1.165) is 0 Å². The summed E-state index contributed by atoms with van der Waals surface area (Å²) >= 11 is 0.